The minimum atomic E-state index is -0.247. The van der Waals surface area contributed by atoms with E-state index in [0.29, 0.717) is 9.26 Å². The first-order valence-electron chi connectivity index (χ1n) is 6.06. The van der Waals surface area contributed by atoms with Crippen LogP contribution in [-0.2, 0) is 11.3 Å². The summed E-state index contributed by atoms with van der Waals surface area (Å²) in [4.78, 5) is 28.1. The number of carbonyl (C=O) groups excluding carboxylic acids is 1. The zero-order chi connectivity index (χ0) is 14.7. The monoisotopic (exact) mass is 383 g/mol. The SMILES string of the molecule is Cc1ccccc1NC(=O)Cn1cnc(C)c(I)c1=O. The van der Waals surface area contributed by atoms with Crippen LogP contribution in [0.25, 0.3) is 0 Å². The molecule has 5 nitrogen and oxygen atoms in total. The average molecular weight is 383 g/mol. The average Bonchev–Trinajstić information content (AvgIpc) is 2.42. The van der Waals surface area contributed by atoms with E-state index in [9.17, 15) is 9.59 Å². The fourth-order valence-electron chi connectivity index (χ4n) is 1.72. The number of hydrogen-bond donors (Lipinski definition) is 1. The third-order valence-electron chi connectivity index (χ3n) is 2.89. The van der Waals surface area contributed by atoms with Crippen molar-refractivity contribution in [1.29, 1.82) is 0 Å². The lowest BCUT2D eigenvalue weighted by molar-refractivity contribution is -0.116. The van der Waals surface area contributed by atoms with Crippen molar-refractivity contribution in [1.82, 2.24) is 9.55 Å². The topological polar surface area (TPSA) is 64.0 Å². The van der Waals surface area contributed by atoms with E-state index in [1.54, 1.807) is 6.92 Å². The van der Waals surface area contributed by atoms with Gasteiger partial charge in [-0.05, 0) is 48.1 Å². The van der Waals surface area contributed by atoms with Crippen LogP contribution in [0.5, 0.6) is 0 Å². The Bertz CT molecular complexity index is 710. The summed E-state index contributed by atoms with van der Waals surface area (Å²) in [5.74, 6) is -0.247. The fraction of sp³-hybridized carbons (Fsp3) is 0.214. The lowest BCUT2D eigenvalue weighted by atomic mass is 10.2. The zero-order valence-corrected chi connectivity index (χ0v) is 13.3. The van der Waals surface area contributed by atoms with Gasteiger partial charge in [-0.2, -0.15) is 0 Å². The summed E-state index contributed by atoms with van der Waals surface area (Å²) in [6.07, 6.45) is 1.40. The zero-order valence-electron chi connectivity index (χ0n) is 11.2. The van der Waals surface area contributed by atoms with E-state index < -0.39 is 0 Å². The third-order valence-corrected chi connectivity index (χ3v) is 4.13. The number of halogens is 1. The Kier molecular flexibility index (Phi) is 4.53. The molecule has 0 bridgehead atoms. The molecule has 1 heterocycles. The van der Waals surface area contributed by atoms with Gasteiger partial charge in [-0.15, -0.1) is 0 Å². The van der Waals surface area contributed by atoms with Gasteiger partial charge in [0.05, 0.1) is 15.6 Å². The molecule has 0 aliphatic heterocycles. The summed E-state index contributed by atoms with van der Waals surface area (Å²) in [6.45, 7) is 3.63. The second kappa shape index (κ2) is 6.17. The van der Waals surface area contributed by atoms with E-state index in [1.165, 1.54) is 10.9 Å². The van der Waals surface area contributed by atoms with Crippen molar-refractivity contribution in [2.24, 2.45) is 0 Å². The van der Waals surface area contributed by atoms with Crippen LogP contribution in [0.1, 0.15) is 11.3 Å². The van der Waals surface area contributed by atoms with Gasteiger partial charge >= 0.3 is 0 Å². The summed E-state index contributed by atoms with van der Waals surface area (Å²) < 4.78 is 1.84. The Morgan fingerprint density at radius 3 is 2.75 bits per heavy atom. The van der Waals surface area contributed by atoms with Gasteiger partial charge in [-0.3, -0.25) is 14.2 Å². The van der Waals surface area contributed by atoms with Crippen molar-refractivity contribution in [3.63, 3.8) is 0 Å². The van der Waals surface area contributed by atoms with Crippen LogP contribution >= 0.6 is 22.6 Å². The molecular weight excluding hydrogens is 369 g/mol. The summed E-state index contributed by atoms with van der Waals surface area (Å²) in [5, 5.41) is 2.79. The Morgan fingerprint density at radius 1 is 1.35 bits per heavy atom. The number of amides is 1. The normalized spacial score (nSPS) is 10.3. The molecule has 6 heteroatoms. The Balaban J connectivity index is 2.15. The van der Waals surface area contributed by atoms with Gasteiger partial charge in [0, 0.05) is 5.69 Å². The van der Waals surface area contributed by atoms with Crippen molar-refractivity contribution in [2.75, 3.05) is 5.32 Å². The molecule has 0 saturated heterocycles. The smallest absolute Gasteiger partial charge is 0.267 e. The summed E-state index contributed by atoms with van der Waals surface area (Å²) in [5.41, 5.74) is 2.20. The predicted molar refractivity (Wildman–Crippen MR) is 85.8 cm³/mol. The van der Waals surface area contributed by atoms with Crippen molar-refractivity contribution in [2.45, 2.75) is 20.4 Å². The molecule has 1 aromatic heterocycles. The number of aryl methyl sites for hydroxylation is 2. The Labute approximate surface area is 130 Å². The highest BCUT2D eigenvalue weighted by Crippen LogP contribution is 2.12. The van der Waals surface area contributed by atoms with Crippen LogP contribution in [0.2, 0.25) is 0 Å². The van der Waals surface area contributed by atoms with E-state index in [4.69, 9.17) is 0 Å². The molecule has 0 fully saturated rings. The van der Waals surface area contributed by atoms with Crippen LogP contribution in [0.3, 0.4) is 0 Å². The van der Waals surface area contributed by atoms with Crippen molar-refractivity contribution < 1.29 is 4.79 Å². The first-order valence-corrected chi connectivity index (χ1v) is 7.14. The first kappa shape index (κ1) is 14.7. The number of para-hydroxylation sites is 1. The summed E-state index contributed by atoms with van der Waals surface area (Å²) in [6, 6.07) is 7.50. The number of anilines is 1. The minimum absolute atomic E-state index is 0.0452. The number of nitrogens with zero attached hydrogens (tertiary/aromatic N) is 2. The number of hydrogen-bond acceptors (Lipinski definition) is 3. The maximum absolute atomic E-state index is 12.0. The number of carbonyl (C=O) groups is 1. The number of aromatic nitrogens is 2. The largest absolute Gasteiger partial charge is 0.324 e. The van der Waals surface area contributed by atoms with Crippen molar-refractivity contribution in [3.8, 4) is 0 Å². The van der Waals surface area contributed by atoms with Crippen LogP contribution < -0.4 is 10.9 Å². The molecule has 2 aromatic rings. The Morgan fingerprint density at radius 2 is 2.05 bits per heavy atom. The molecule has 0 atom stereocenters. The van der Waals surface area contributed by atoms with Gasteiger partial charge in [0.25, 0.3) is 5.56 Å². The minimum Gasteiger partial charge on any atom is -0.324 e. The molecular formula is C14H14IN3O2. The lowest BCUT2D eigenvalue weighted by Crippen LogP contribution is -2.30. The molecule has 1 N–H and O–H groups in total. The molecule has 2 rings (SSSR count). The molecule has 0 saturated carbocycles. The van der Waals surface area contributed by atoms with Crippen LogP contribution in [0.4, 0.5) is 5.69 Å². The van der Waals surface area contributed by atoms with Gasteiger partial charge in [0.1, 0.15) is 6.54 Å². The van der Waals surface area contributed by atoms with Crippen LogP contribution in [-0.4, -0.2) is 15.5 Å². The van der Waals surface area contributed by atoms with Crippen LogP contribution in [0.15, 0.2) is 35.4 Å². The van der Waals surface area contributed by atoms with E-state index in [0.717, 1.165) is 11.3 Å². The van der Waals surface area contributed by atoms with E-state index in [1.807, 2.05) is 53.8 Å². The second-order valence-electron chi connectivity index (χ2n) is 4.44. The van der Waals surface area contributed by atoms with Crippen molar-refractivity contribution >= 4 is 34.2 Å². The fourth-order valence-corrected chi connectivity index (χ4v) is 2.17. The quantitative estimate of drug-likeness (QED) is 0.826. The highest BCUT2D eigenvalue weighted by Gasteiger charge is 2.10. The molecule has 0 aliphatic carbocycles. The number of rotatable bonds is 3. The Hall–Kier alpha value is -1.70. The van der Waals surface area contributed by atoms with Crippen LogP contribution in [0, 0.1) is 17.4 Å². The van der Waals surface area contributed by atoms with Gasteiger partial charge in [-0.25, -0.2) is 4.98 Å². The van der Waals surface area contributed by atoms with Crippen molar-refractivity contribution in [3.05, 3.63) is 55.8 Å². The van der Waals surface area contributed by atoms with Gasteiger partial charge in [-0.1, -0.05) is 18.2 Å². The third kappa shape index (κ3) is 3.24. The maximum atomic E-state index is 12.0. The number of benzene rings is 1. The van der Waals surface area contributed by atoms with E-state index in [2.05, 4.69) is 10.3 Å². The highest BCUT2D eigenvalue weighted by molar-refractivity contribution is 14.1. The highest BCUT2D eigenvalue weighted by atomic mass is 127. The number of nitrogens with one attached hydrogen (secondary N) is 1. The second-order valence-corrected chi connectivity index (χ2v) is 5.52. The molecule has 0 unspecified atom stereocenters. The molecule has 20 heavy (non-hydrogen) atoms. The molecule has 0 spiro atoms. The first-order chi connectivity index (χ1) is 9.49. The molecule has 1 aromatic carbocycles. The maximum Gasteiger partial charge on any atom is 0.267 e. The predicted octanol–water partition coefficient (Wildman–Crippen LogP) is 2.10. The molecule has 1 amide bonds. The molecule has 104 valence electrons. The van der Waals surface area contributed by atoms with Gasteiger partial charge in [0.15, 0.2) is 0 Å². The molecule has 0 aliphatic rings. The standard InChI is InChI=1S/C14H14IN3O2/c1-9-5-3-4-6-11(9)17-12(19)7-18-8-16-10(2)13(15)14(18)20/h3-6,8H,7H2,1-2H3,(H,17,19). The van der Waals surface area contributed by atoms with E-state index in [-0.39, 0.29) is 18.0 Å². The molecule has 0 radical (unpaired) electrons. The van der Waals surface area contributed by atoms with Gasteiger partial charge < -0.3 is 5.32 Å². The summed E-state index contributed by atoms with van der Waals surface area (Å²) >= 11 is 1.94. The summed E-state index contributed by atoms with van der Waals surface area (Å²) in [7, 11) is 0. The lowest BCUT2D eigenvalue weighted by Gasteiger charge is -2.09. The van der Waals surface area contributed by atoms with E-state index >= 15 is 0 Å². The van der Waals surface area contributed by atoms with Gasteiger partial charge in [0.2, 0.25) is 5.91 Å².